The first-order chi connectivity index (χ1) is 13.6. The molecule has 0 spiro atoms. The Kier molecular flexibility index (Phi) is 7.21. The quantitative estimate of drug-likeness (QED) is 0.311. The Balaban J connectivity index is 1.99. The van der Waals surface area contributed by atoms with Crippen LogP contribution in [0.4, 0.5) is 18.9 Å². The summed E-state index contributed by atoms with van der Waals surface area (Å²) in [5, 5.41) is 22.5. The fourth-order valence-corrected chi connectivity index (χ4v) is 2.36. The van der Waals surface area contributed by atoms with Crippen molar-refractivity contribution in [3.05, 3.63) is 47.5 Å². The molecule has 158 valence electrons. The molecule has 11 heteroatoms. The molecule has 0 radical (unpaired) electrons. The van der Waals surface area contributed by atoms with Gasteiger partial charge in [0.2, 0.25) is 5.91 Å². The number of carbonyl (C=O) groups is 1. The van der Waals surface area contributed by atoms with Gasteiger partial charge in [-0.1, -0.05) is 0 Å². The standard InChI is InChI=1S/C18H23F3N6O2/c1-4-22-17(24-10-18(2,29)11-7-25-27(3)9-11)23-8-14(28)26-13-6-5-12(19)15(20)16(13)21/h5-7,9,29H,4,8,10H2,1-3H3,(H,26,28)(H2,22,23,24). The zero-order chi connectivity index (χ0) is 21.6. The molecule has 0 aliphatic heterocycles. The first-order valence-corrected chi connectivity index (χ1v) is 8.81. The van der Waals surface area contributed by atoms with Crippen LogP contribution in [-0.2, 0) is 17.4 Å². The molecular weight excluding hydrogens is 389 g/mol. The number of anilines is 1. The Hall–Kier alpha value is -3.08. The molecular formula is C18H23F3N6O2. The highest BCUT2D eigenvalue weighted by Crippen LogP contribution is 2.20. The maximum Gasteiger partial charge on any atom is 0.246 e. The van der Waals surface area contributed by atoms with Crippen LogP contribution in [0.1, 0.15) is 19.4 Å². The van der Waals surface area contributed by atoms with Crippen LogP contribution in [0, 0.1) is 17.5 Å². The number of aryl methyl sites for hydroxylation is 1. The van der Waals surface area contributed by atoms with Crippen molar-refractivity contribution < 1.29 is 23.1 Å². The van der Waals surface area contributed by atoms with Crippen LogP contribution in [0.25, 0.3) is 0 Å². The first kappa shape index (κ1) is 22.2. The molecule has 1 aromatic heterocycles. The predicted octanol–water partition coefficient (Wildman–Crippen LogP) is 1.24. The zero-order valence-corrected chi connectivity index (χ0v) is 16.3. The fourth-order valence-electron chi connectivity index (χ4n) is 2.36. The van der Waals surface area contributed by atoms with Crippen molar-refractivity contribution in [1.82, 2.24) is 20.4 Å². The third kappa shape index (κ3) is 5.95. The number of nitrogens with zero attached hydrogens (tertiary/aromatic N) is 3. The van der Waals surface area contributed by atoms with Crippen molar-refractivity contribution in [2.45, 2.75) is 19.4 Å². The van der Waals surface area contributed by atoms with E-state index in [0.29, 0.717) is 18.2 Å². The Morgan fingerprint density at radius 3 is 2.62 bits per heavy atom. The fraction of sp³-hybridized carbons (Fsp3) is 0.389. The molecule has 0 saturated carbocycles. The van der Waals surface area contributed by atoms with E-state index in [-0.39, 0.29) is 12.5 Å². The van der Waals surface area contributed by atoms with Crippen LogP contribution in [-0.4, -0.2) is 46.4 Å². The van der Waals surface area contributed by atoms with Gasteiger partial charge in [-0.25, -0.2) is 18.2 Å². The van der Waals surface area contributed by atoms with E-state index >= 15 is 0 Å². The number of aliphatic hydroxyl groups is 1. The number of aromatic nitrogens is 2. The highest BCUT2D eigenvalue weighted by Gasteiger charge is 2.25. The maximum absolute atomic E-state index is 13.6. The number of rotatable bonds is 7. The number of benzene rings is 1. The summed E-state index contributed by atoms with van der Waals surface area (Å²) >= 11 is 0. The highest BCUT2D eigenvalue weighted by molar-refractivity contribution is 5.94. The summed E-state index contributed by atoms with van der Waals surface area (Å²) < 4.78 is 41.4. The summed E-state index contributed by atoms with van der Waals surface area (Å²) in [5.41, 5.74) is -1.14. The van der Waals surface area contributed by atoms with E-state index in [1.54, 1.807) is 24.9 Å². The molecule has 2 rings (SSSR count). The van der Waals surface area contributed by atoms with Crippen molar-refractivity contribution in [3.63, 3.8) is 0 Å². The van der Waals surface area contributed by atoms with Gasteiger partial charge in [0, 0.05) is 25.4 Å². The van der Waals surface area contributed by atoms with Crippen molar-refractivity contribution in [2.24, 2.45) is 12.0 Å². The number of halogens is 3. The van der Waals surface area contributed by atoms with Crippen LogP contribution < -0.4 is 16.0 Å². The van der Waals surface area contributed by atoms with Gasteiger partial charge in [-0.3, -0.25) is 9.48 Å². The molecule has 0 aliphatic carbocycles. The van der Waals surface area contributed by atoms with Crippen LogP contribution in [0.5, 0.6) is 0 Å². The smallest absolute Gasteiger partial charge is 0.246 e. The second-order valence-corrected chi connectivity index (χ2v) is 6.50. The average molecular weight is 412 g/mol. The van der Waals surface area contributed by atoms with Crippen molar-refractivity contribution in [2.75, 3.05) is 25.0 Å². The van der Waals surface area contributed by atoms with Crippen molar-refractivity contribution in [3.8, 4) is 0 Å². The molecule has 1 atom stereocenters. The monoisotopic (exact) mass is 412 g/mol. The van der Waals surface area contributed by atoms with E-state index in [1.807, 2.05) is 6.92 Å². The second kappa shape index (κ2) is 9.41. The Morgan fingerprint density at radius 2 is 2.00 bits per heavy atom. The van der Waals surface area contributed by atoms with Gasteiger partial charge in [0.15, 0.2) is 23.4 Å². The second-order valence-electron chi connectivity index (χ2n) is 6.50. The van der Waals surface area contributed by atoms with Gasteiger partial charge in [-0.05, 0) is 26.0 Å². The van der Waals surface area contributed by atoms with Gasteiger partial charge in [0.05, 0.1) is 18.4 Å². The van der Waals surface area contributed by atoms with Crippen LogP contribution in [0.2, 0.25) is 0 Å². The SMILES string of the molecule is CCNC(=NCC(=O)Nc1ccc(F)c(F)c1F)NCC(C)(O)c1cnn(C)c1. The molecule has 0 bridgehead atoms. The van der Waals surface area contributed by atoms with Gasteiger partial charge in [0.25, 0.3) is 0 Å². The predicted molar refractivity (Wildman–Crippen MR) is 102 cm³/mol. The lowest BCUT2D eigenvalue weighted by molar-refractivity contribution is -0.114. The first-order valence-electron chi connectivity index (χ1n) is 8.81. The molecule has 29 heavy (non-hydrogen) atoms. The Labute approximate surface area is 165 Å². The van der Waals surface area contributed by atoms with E-state index in [4.69, 9.17) is 0 Å². The minimum atomic E-state index is -1.67. The lowest BCUT2D eigenvalue weighted by atomic mass is 10.00. The Morgan fingerprint density at radius 1 is 1.28 bits per heavy atom. The third-order valence-corrected chi connectivity index (χ3v) is 3.96. The number of hydrogen-bond acceptors (Lipinski definition) is 4. The number of guanidine groups is 1. The Bertz CT molecular complexity index is 898. The van der Waals surface area contributed by atoms with E-state index < -0.39 is 41.2 Å². The highest BCUT2D eigenvalue weighted by atomic mass is 19.2. The number of nitrogens with one attached hydrogen (secondary N) is 3. The number of hydrogen-bond donors (Lipinski definition) is 4. The summed E-state index contributed by atoms with van der Waals surface area (Å²) in [5.74, 6) is -5.00. The van der Waals surface area contributed by atoms with Crippen LogP contribution in [0.3, 0.4) is 0 Å². The summed E-state index contributed by atoms with van der Waals surface area (Å²) in [7, 11) is 1.73. The van der Waals surface area contributed by atoms with E-state index in [1.165, 1.54) is 6.20 Å². The number of aliphatic imine (C=N–C) groups is 1. The van der Waals surface area contributed by atoms with E-state index in [0.717, 1.165) is 6.07 Å². The molecule has 8 nitrogen and oxygen atoms in total. The number of carbonyl (C=O) groups excluding carboxylic acids is 1. The number of amides is 1. The molecule has 1 heterocycles. The topological polar surface area (TPSA) is 104 Å². The third-order valence-electron chi connectivity index (χ3n) is 3.96. The van der Waals surface area contributed by atoms with Gasteiger partial charge in [0.1, 0.15) is 12.1 Å². The maximum atomic E-state index is 13.6. The molecule has 2 aromatic rings. The molecule has 0 saturated heterocycles. The summed E-state index contributed by atoms with van der Waals surface area (Å²) in [4.78, 5) is 16.0. The average Bonchev–Trinajstić information content (AvgIpc) is 3.12. The van der Waals surface area contributed by atoms with Gasteiger partial charge >= 0.3 is 0 Å². The van der Waals surface area contributed by atoms with Crippen molar-refractivity contribution in [1.29, 1.82) is 0 Å². The van der Waals surface area contributed by atoms with Crippen LogP contribution in [0.15, 0.2) is 29.5 Å². The van der Waals surface area contributed by atoms with Gasteiger partial charge < -0.3 is 21.1 Å². The zero-order valence-electron chi connectivity index (χ0n) is 16.3. The molecule has 1 aromatic carbocycles. The largest absolute Gasteiger partial charge is 0.383 e. The normalized spacial score (nSPS) is 13.7. The van der Waals surface area contributed by atoms with Gasteiger partial charge in [-0.15, -0.1) is 0 Å². The molecule has 4 N–H and O–H groups in total. The molecule has 1 unspecified atom stereocenters. The summed E-state index contributed by atoms with van der Waals surface area (Å²) in [6.07, 6.45) is 3.21. The van der Waals surface area contributed by atoms with Crippen molar-refractivity contribution >= 4 is 17.6 Å². The lowest BCUT2D eigenvalue weighted by Crippen LogP contribution is -2.44. The van der Waals surface area contributed by atoms with Gasteiger partial charge in [-0.2, -0.15) is 5.10 Å². The molecule has 1 amide bonds. The minimum Gasteiger partial charge on any atom is -0.383 e. The molecule has 0 fully saturated rings. The van der Waals surface area contributed by atoms with E-state index in [2.05, 4.69) is 26.0 Å². The lowest BCUT2D eigenvalue weighted by Gasteiger charge is -2.23. The minimum absolute atomic E-state index is 0.0734. The summed E-state index contributed by atoms with van der Waals surface area (Å²) in [6.45, 7) is 3.55. The summed E-state index contributed by atoms with van der Waals surface area (Å²) in [6, 6.07) is 1.63. The van der Waals surface area contributed by atoms with E-state index in [9.17, 15) is 23.1 Å². The van der Waals surface area contributed by atoms with Crippen LogP contribution >= 0.6 is 0 Å². The molecule has 0 aliphatic rings.